The number of carbonyl (C=O) groups excluding carboxylic acids is 1. The van der Waals surface area contributed by atoms with E-state index < -0.39 is 0 Å². The van der Waals surface area contributed by atoms with E-state index in [1.807, 2.05) is 19.1 Å². The Kier molecular flexibility index (Phi) is 7.33. The maximum atomic E-state index is 12.0. The van der Waals surface area contributed by atoms with Gasteiger partial charge in [-0.3, -0.25) is 4.79 Å². The van der Waals surface area contributed by atoms with E-state index in [0.717, 1.165) is 12.0 Å². The van der Waals surface area contributed by atoms with Crippen LogP contribution in [0.1, 0.15) is 24.5 Å². The number of hydrogen-bond acceptors (Lipinski definition) is 4. The van der Waals surface area contributed by atoms with Gasteiger partial charge in [-0.1, -0.05) is 19.1 Å². The Bertz CT molecular complexity index is 451. The fourth-order valence-electron chi connectivity index (χ4n) is 1.80. The topological polar surface area (TPSA) is 79.3 Å². The van der Waals surface area contributed by atoms with Gasteiger partial charge in [0, 0.05) is 19.6 Å². The number of amides is 1. The molecule has 5 heteroatoms. The number of hydrogen-bond donors (Lipinski definition) is 1. The van der Waals surface area contributed by atoms with Crippen molar-refractivity contribution in [3.63, 3.8) is 0 Å². The van der Waals surface area contributed by atoms with Crippen LogP contribution in [0.25, 0.3) is 0 Å². The SMILES string of the molecule is CCCN(Cc1ccc(C#N)cc1)C(=O)COCCN. The quantitative estimate of drug-likeness (QED) is 0.725. The molecule has 0 saturated heterocycles. The van der Waals surface area contributed by atoms with E-state index in [9.17, 15) is 4.79 Å². The van der Waals surface area contributed by atoms with E-state index in [0.29, 0.717) is 31.8 Å². The van der Waals surface area contributed by atoms with Crippen LogP contribution in [0.15, 0.2) is 24.3 Å². The van der Waals surface area contributed by atoms with Crippen LogP contribution < -0.4 is 5.73 Å². The third kappa shape index (κ3) is 5.39. The molecule has 0 aliphatic carbocycles. The van der Waals surface area contributed by atoms with Crippen molar-refractivity contribution in [1.29, 1.82) is 5.26 Å². The number of nitriles is 1. The number of ether oxygens (including phenoxy) is 1. The molecule has 2 N–H and O–H groups in total. The molecule has 0 spiro atoms. The Hall–Kier alpha value is -1.90. The van der Waals surface area contributed by atoms with Gasteiger partial charge in [-0.2, -0.15) is 5.26 Å². The first kappa shape index (κ1) is 16.2. The lowest BCUT2D eigenvalue weighted by Gasteiger charge is -2.22. The van der Waals surface area contributed by atoms with Gasteiger partial charge in [0.05, 0.1) is 18.2 Å². The molecule has 1 rings (SSSR count). The second-order valence-electron chi connectivity index (χ2n) is 4.47. The summed E-state index contributed by atoms with van der Waals surface area (Å²) in [5.41, 5.74) is 6.95. The third-order valence-electron chi connectivity index (χ3n) is 2.79. The molecule has 5 nitrogen and oxygen atoms in total. The molecule has 1 aromatic carbocycles. The van der Waals surface area contributed by atoms with E-state index in [2.05, 4.69) is 6.07 Å². The van der Waals surface area contributed by atoms with Crippen molar-refractivity contribution in [2.45, 2.75) is 19.9 Å². The first-order valence-corrected chi connectivity index (χ1v) is 6.75. The molecule has 0 atom stereocenters. The zero-order chi connectivity index (χ0) is 14.8. The molecule has 108 valence electrons. The summed E-state index contributed by atoms with van der Waals surface area (Å²) in [5.74, 6) is -0.0374. The van der Waals surface area contributed by atoms with E-state index >= 15 is 0 Å². The minimum atomic E-state index is -0.0374. The molecular formula is C15H21N3O2. The number of nitrogens with two attached hydrogens (primary N) is 1. The number of carbonyl (C=O) groups is 1. The Balaban J connectivity index is 2.60. The van der Waals surface area contributed by atoms with E-state index in [1.165, 1.54) is 0 Å². The Morgan fingerprint density at radius 3 is 2.65 bits per heavy atom. The molecule has 0 aliphatic rings. The monoisotopic (exact) mass is 275 g/mol. The van der Waals surface area contributed by atoms with Crippen LogP contribution in [0.2, 0.25) is 0 Å². The average Bonchev–Trinajstić information content (AvgIpc) is 2.47. The minimum Gasteiger partial charge on any atom is -0.370 e. The summed E-state index contributed by atoms with van der Waals surface area (Å²) in [6.07, 6.45) is 0.888. The first-order chi connectivity index (χ1) is 9.71. The van der Waals surface area contributed by atoms with Gasteiger partial charge in [-0.25, -0.2) is 0 Å². The van der Waals surface area contributed by atoms with Crippen molar-refractivity contribution in [3.8, 4) is 6.07 Å². The number of nitrogens with zero attached hydrogens (tertiary/aromatic N) is 2. The summed E-state index contributed by atoms with van der Waals surface area (Å²) in [6.45, 7) is 4.11. The van der Waals surface area contributed by atoms with Gasteiger partial charge in [0.15, 0.2) is 0 Å². The molecule has 0 unspecified atom stereocenters. The van der Waals surface area contributed by atoms with Crippen molar-refractivity contribution in [1.82, 2.24) is 4.90 Å². The van der Waals surface area contributed by atoms with Gasteiger partial charge < -0.3 is 15.4 Å². The highest BCUT2D eigenvalue weighted by Gasteiger charge is 2.13. The predicted molar refractivity (Wildman–Crippen MR) is 76.7 cm³/mol. The summed E-state index contributed by atoms with van der Waals surface area (Å²) in [7, 11) is 0. The fourth-order valence-corrected chi connectivity index (χ4v) is 1.80. The van der Waals surface area contributed by atoms with Crippen LogP contribution in [0, 0.1) is 11.3 Å². The lowest BCUT2D eigenvalue weighted by molar-refractivity contribution is -0.136. The largest absolute Gasteiger partial charge is 0.370 e. The number of rotatable bonds is 8. The Morgan fingerprint density at radius 1 is 1.40 bits per heavy atom. The second-order valence-corrected chi connectivity index (χ2v) is 4.47. The normalized spacial score (nSPS) is 10.1. The van der Waals surface area contributed by atoms with Crippen molar-refractivity contribution in [2.75, 3.05) is 26.3 Å². The second kappa shape index (κ2) is 9.08. The third-order valence-corrected chi connectivity index (χ3v) is 2.79. The molecule has 0 bridgehead atoms. The van der Waals surface area contributed by atoms with E-state index in [-0.39, 0.29) is 12.5 Å². The molecule has 0 fully saturated rings. The fraction of sp³-hybridized carbons (Fsp3) is 0.467. The van der Waals surface area contributed by atoms with Gasteiger partial charge in [0.1, 0.15) is 6.61 Å². The van der Waals surface area contributed by atoms with E-state index in [4.69, 9.17) is 15.7 Å². The Morgan fingerprint density at radius 2 is 2.10 bits per heavy atom. The molecule has 0 radical (unpaired) electrons. The van der Waals surface area contributed by atoms with Gasteiger partial charge in [-0.05, 0) is 24.1 Å². The van der Waals surface area contributed by atoms with Crippen LogP contribution >= 0.6 is 0 Å². The van der Waals surface area contributed by atoms with Crippen molar-refractivity contribution < 1.29 is 9.53 Å². The van der Waals surface area contributed by atoms with Crippen LogP contribution in [0.3, 0.4) is 0 Å². The maximum Gasteiger partial charge on any atom is 0.248 e. The van der Waals surface area contributed by atoms with Gasteiger partial charge in [0.25, 0.3) is 0 Å². The van der Waals surface area contributed by atoms with Crippen molar-refractivity contribution in [3.05, 3.63) is 35.4 Å². The van der Waals surface area contributed by atoms with E-state index in [1.54, 1.807) is 17.0 Å². The van der Waals surface area contributed by atoms with Crippen LogP contribution in [-0.4, -0.2) is 37.1 Å². The molecule has 1 aromatic rings. The van der Waals surface area contributed by atoms with Gasteiger partial charge in [0.2, 0.25) is 5.91 Å². The zero-order valence-corrected chi connectivity index (χ0v) is 11.8. The van der Waals surface area contributed by atoms with Crippen LogP contribution in [0.5, 0.6) is 0 Å². The molecule has 0 aliphatic heterocycles. The summed E-state index contributed by atoms with van der Waals surface area (Å²) in [6, 6.07) is 9.34. The molecule has 0 aromatic heterocycles. The molecule has 20 heavy (non-hydrogen) atoms. The van der Waals surface area contributed by atoms with Crippen molar-refractivity contribution >= 4 is 5.91 Å². The first-order valence-electron chi connectivity index (χ1n) is 6.75. The van der Waals surface area contributed by atoms with Crippen molar-refractivity contribution in [2.24, 2.45) is 5.73 Å². The molecule has 0 heterocycles. The molecule has 1 amide bonds. The standard InChI is InChI=1S/C15H21N3O2/c1-2-8-18(15(19)12-20-9-7-16)11-14-5-3-13(10-17)4-6-14/h3-6H,2,7-9,11-12,16H2,1H3. The minimum absolute atomic E-state index is 0.0374. The predicted octanol–water partition coefficient (Wildman–Crippen LogP) is 1.27. The highest BCUT2D eigenvalue weighted by molar-refractivity contribution is 5.77. The lowest BCUT2D eigenvalue weighted by Crippen LogP contribution is -2.34. The zero-order valence-electron chi connectivity index (χ0n) is 11.8. The summed E-state index contributed by atoms with van der Waals surface area (Å²) >= 11 is 0. The van der Waals surface area contributed by atoms with Gasteiger partial charge >= 0.3 is 0 Å². The molecular weight excluding hydrogens is 254 g/mol. The highest BCUT2D eigenvalue weighted by Crippen LogP contribution is 2.08. The smallest absolute Gasteiger partial charge is 0.248 e. The molecule has 0 saturated carbocycles. The summed E-state index contributed by atoms with van der Waals surface area (Å²) in [5, 5.41) is 8.76. The average molecular weight is 275 g/mol. The maximum absolute atomic E-state index is 12.0. The van der Waals surface area contributed by atoms with Crippen LogP contribution in [0.4, 0.5) is 0 Å². The highest BCUT2D eigenvalue weighted by atomic mass is 16.5. The Labute approximate surface area is 119 Å². The summed E-state index contributed by atoms with van der Waals surface area (Å²) < 4.78 is 5.19. The lowest BCUT2D eigenvalue weighted by atomic mass is 10.1. The number of benzene rings is 1. The van der Waals surface area contributed by atoms with Gasteiger partial charge in [-0.15, -0.1) is 0 Å². The van der Waals surface area contributed by atoms with Crippen LogP contribution in [-0.2, 0) is 16.1 Å². The summed E-state index contributed by atoms with van der Waals surface area (Å²) in [4.78, 5) is 13.8.